The predicted octanol–water partition coefficient (Wildman–Crippen LogP) is 0.577. The number of carbonyl (C=O) groups excluding carboxylic acids is 1. The van der Waals surface area contributed by atoms with Gasteiger partial charge in [0.2, 0.25) is 0 Å². The zero-order valence-corrected chi connectivity index (χ0v) is 10.1. The van der Waals surface area contributed by atoms with Crippen molar-refractivity contribution in [3.63, 3.8) is 0 Å². The minimum atomic E-state index is -1.05. The van der Waals surface area contributed by atoms with Crippen molar-refractivity contribution in [3.8, 4) is 0 Å². The summed E-state index contributed by atoms with van der Waals surface area (Å²) >= 11 is 0.992. The van der Waals surface area contributed by atoms with Crippen LogP contribution in [0.4, 0.5) is 0 Å². The third-order valence-electron chi connectivity index (χ3n) is 2.17. The van der Waals surface area contributed by atoms with Crippen LogP contribution in [0.5, 0.6) is 0 Å². The highest BCUT2D eigenvalue weighted by molar-refractivity contribution is 8.13. The summed E-state index contributed by atoms with van der Waals surface area (Å²) in [5.74, 6) is 0.603. The number of hydrogen-bond donors (Lipinski definition) is 2. The first kappa shape index (κ1) is 13.2. The van der Waals surface area contributed by atoms with Crippen molar-refractivity contribution in [2.45, 2.75) is 32.6 Å². The monoisotopic (exact) mass is 244 g/mol. The molecule has 0 saturated carbocycles. The van der Waals surface area contributed by atoms with E-state index in [1.807, 2.05) is 6.92 Å². The second-order valence-electron chi connectivity index (χ2n) is 3.39. The Morgan fingerprint density at radius 2 is 2.31 bits per heavy atom. The van der Waals surface area contributed by atoms with Gasteiger partial charge in [-0.25, -0.2) is 4.98 Å². The summed E-state index contributed by atoms with van der Waals surface area (Å²) in [7, 11) is 0. The Morgan fingerprint density at radius 3 is 2.88 bits per heavy atom. The number of aliphatic hydroxyl groups is 2. The SMILES string of the molecule is CCn1ccnc1C(O)C(O)CSC(C)=O. The van der Waals surface area contributed by atoms with Crippen molar-refractivity contribution in [2.75, 3.05) is 5.75 Å². The van der Waals surface area contributed by atoms with Gasteiger partial charge in [-0.15, -0.1) is 0 Å². The molecule has 1 rings (SSSR count). The molecule has 2 atom stereocenters. The number of imidazole rings is 1. The maximum Gasteiger partial charge on any atom is 0.185 e. The van der Waals surface area contributed by atoms with Gasteiger partial charge in [-0.1, -0.05) is 11.8 Å². The molecule has 0 aromatic carbocycles. The van der Waals surface area contributed by atoms with Crippen LogP contribution in [0.1, 0.15) is 25.8 Å². The lowest BCUT2D eigenvalue weighted by molar-refractivity contribution is -0.109. The van der Waals surface area contributed by atoms with Crippen LogP contribution in [-0.4, -0.2) is 36.7 Å². The second-order valence-corrected chi connectivity index (χ2v) is 4.58. The van der Waals surface area contributed by atoms with Crippen molar-refractivity contribution in [3.05, 3.63) is 18.2 Å². The Hall–Kier alpha value is -0.850. The molecule has 0 bridgehead atoms. The molecular weight excluding hydrogens is 228 g/mol. The number of hydrogen-bond acceptors (Lipinski definition) is 5. The molecule has 0 spiro atoms. The molecule has 1 aromatic heterocycles. The van der Waals surface area contributed by atoms with Crippen LogP contribution in [0.25, 0.3) is 0 Å². The third-order valence-corrected chi connectivity index (χ3v) is 3.09. The Kier molecular flexibility index (Phi) is 4.98. The van der Waals surface area contributed by atoms with Crippen LogP contribution in [0, 0.1) is 0 Å². The Bertz CT molecular complexity index is 354. The molecule has 0 radical (unpaired) electrons. The fourth-order valence-electron chi connectivity index (χ4n) is 1.32. The number of carbonyl (C=O) groups is 1. The first-order valence-corrected chi connectivity index (χ1v) is 6.05. The first-order valence-electron chi connectivity index (χ1n) is 5.06. The van der Waals surface area contributed by atoms with Gasteiger partial charge in [0.15, 0.2) is 5.12 Å². The minimum absolute atomic E-state index is 0.0786. The maximum absolute atomic E-state index is 10.7. The quantitative estimate of drug-likeness (QED) is 0.792. The molecule has 0 aliphatic rings. The fourth-order valence-corrected chi connectivity index (χ4v) is 1.91. The van der Waals surface area contributed by atoms with Gasteiger partial charge in [0.05, 0.1) is 6.10 Å². The zero-order chi connectivity index (χ0) is 12.1. The predicted molar refractivity (Wildman–Crippen MR) is 62.0 cm³/mol. The molecular formula is C10H16N2O3S. The number of rotatable bonds is 5. The van der Waals surface area contributed by atoms with Crippen molar-refractivity contribution >= 4 is 16.9 Å². The highest BCUT2D eigenvalue weighted by Crippen LogP contribution is 2.18. The van der Waals surface area contributed by atoms with E-state index >= 15 is 0 Å². The third kappa shape index (κ3) is 3.33. The number of nitrogens with zero attached hydrogens (tertiary/aromatic N) is 2. The molecule has 5 nitrogen and oxygen atoms in total. The molecule has 0 amide bonds. The lowest BCUT2D eigenvalue weighted by Crippen LogP contribution is -2.24. The molecule has 0 fully saturated rings. The lowest BCUT2D eigenvalue weighted by atomic mass is 10.2. The molecule has 0 aliphatic heterocycles. The molecule has 16 heavy (non-hydrogen) atoms. The second kappa shape index (κ2) is 6.03. The van der Waals surface area contributed by atoms with E-state index in [2.05, 4.69) is 4.98 Å². The standard InChI is InChI=1S/C10H16N2O3S/c1-3-12-5-4-11-10(12)9(15)8(14)6-16-7(2)13/h4-5,8-9,14-15H,3,6H2,1-2H3. The van der Waals surface area contributed by atoms with E-state index in [0.717, 1.165) is 11.8 Å². The number of aromatic nitrogens is 2. The zero-order valence-electron chi connectivity index (χ0n) is 9.33. The molecule has 0 aliphatic carbocycles. The summed E-state index contributed by atoms with van der Waals surface area (Å²) in [6.45, 7) is 4.03. The van der Waals surface area contributed by atoms with Gasteiger partial charge in [-0.05, 0) is 6.92 Å². The Morgan fingerprint density at radius 1 is 1.62 bits per heavy atom. The van der Waals surface area contributed by atoms with Gasteiger partial charge in [0.1, 0.15) is 11.9 Å². The van der Waals surface area contributed by atoms with Gasteiger partial charge >= 0.3 is 0 Å². The molecule has 0 saturated heterocycles. The van der Waals surface area contributed by atoms with E-state index in [0.29, 0.717) is 12.4 Å². The van der Waals surface area contributed by atoms with E-state index in [1.165, 1.54) is 6.92 Å². The molecule has 2 N–H and O–H groups in total. The molecule has 1 aromatic rings. The van der Waals surface area contributed by atoms with Crippen LogP contribution in [0.3, 0.4) is 0 Å². The number of aliphatic hydroxyl groups excluding tert-OH is 2. The Labute approximate surface area is 98.5 Å². The fraction of sp³-hybridized carbons (Fsp3) is 0.600. The van der Waals surface area contributed by atoms with E-state index in [4.69, 9.17) is 0 Å². The summed E-state index contributed by atoms with van der Waals surface area (Å²) in [5.41, 5.74) is 0. The maximum atomic E-state index is 10.7. The van der Waals surface area contributed by atoms with Gasteiger partial charge < -0.3 is 14.8 Å². The average molecular weight is 244 g/mol. The summed E-state index contributed by atoms with van der Waals surface area (Å²) in [4.78, 5) is 14.7. The van der Waals surface area contributed by atoms with Crippen molar-refractivity contribution in [1.82, 2.24) is 9.55 Å². The number of aryl methyl sites for hydroxylation is 1. The summed E-state index contributed by atoms with van der Waals surface area (Å²) in [6, 6.07) is 0. The largest absolute Gasteiger partial charge is 0.389 e. The molecule has 90 valence electrons. The average Bonchev–Trinajstić information content (AvgIpc) is 2.72. The van der Waals surface area contributed by atoms with E-state index in [-0.39, 0.29) is 10.9 Å². The smallest absolute Gasteiger partial charge is 0.185 e. The highest BCUT2D eigenvalue weighted by atomic mass is 32.2. The minimum Gasteiger partial charge on any atom is -0.389 e. The van der Waals surface area contributed by atoms with Crippen LogP contribution in [-0.2, 0) is 11.3 Å². The topological polar surface area (TPSA) is 75.3 Å². The summed E-state index contributed by atoms with van der Waals surface area (Å²) in [6.07, 6.45) is 1.28. The van der Waals surface area contributed by atoms with Crippen molar-refractivity contribution in [2.24, 2.45) is 0 Å². The van der Waals surface area contributed by atoms with Gasteiger partial charge in [0.25, 0.3) is 0 Å². The lowest BCUT2D eigenvalue weighted by Gasteiger charge is -2.17. The van der Waals surface area contributed by atoms with Crippen molar-refractivity contribution < 1.29 is 15.0 Å². The van der Waals surface area contributed by atoms with Crippen LogP contribution in [0.15, 0.2) is 12.4 Å². The molecule has 6 heteroatoms. The summed E-state index contributed by atoms with van der Waals surface area (Å²) < 4.78 is 1.76. The Balaban J connectivity index is 2.62. The van der Waals surface area contributed by atoms with E-state index in [1.54, 1.807) is 17.0 Å². The van der Waals surface area contributed by atoms with Gasteiger partial charge in [-0.2, -0.15) is 0 Å². The van der Waals surface area contributed by atoms with Crippen LogP contribution >= 0.6 is 11.8 Å². The van der Waals surface area contributed by atoms with Crippen LogP contribution < -0.4 is 0 Å². The summed E-state index contributed by atoms with van der Waals surface area (Å²) in [5, 5.41) is 19.4. The highest BCUT2D eigenvalue weighted by Gasteiger charge is 2.22. The first-order chi connectivity index (χ1) is 7.56. The van der Waals surface area contributed by atoms with E-state index in [9.17, 15) is 15.0 Å². The molecule has 1 heterocycles. The van der Waals surface area contributed by atoms with Crippen LogP contribution in [0.2, 0.25) is 0 Å². The number of thioether (sulfide) groups is 1. The normalized spacial score (nSPS) is 14.8. The van der Waals surface area contributed by atoms with Gasteiger partial charge in [0, 0.05) is 31.6 Å². The molecule has 2 unspecified atom stereocenters. The van der Waals surface area contributed by atoms with Crippen molar-refractivity contribution in [1.29, 1.82) is 0 Å². The van der Waals surface area contributed by atoms with E-state index < -0.39 is 12.2 Å². The van der Waals surface area contributed by atoms with Gasteiger partial charge in [-0.3, -0.25) is 4.79 Å².